The molecule has 0 saturated heterocycles. The minimum atomic E-state index is 1.06. The predicted molar refractivity (Wildman–Crippen MR) is 245 cm³/mol. The van der Waals surface area contributed by atoms with Gasteiger partial charge in [-0.3, -0.25) is 0 Å². The van der Waals surface area contributed by atoms with Gasteiger partial charge in [-0.2, -0.15) is 0 Å². The second kappa shape index (κ2) is 12.8. The molecule has 3 aromatic heterocycles. The van der Waals surface area contributed by atoms with Crippen molar-refractivity contribution in [3.8, 4) is 39.3 Å². The topological polar surface area (TPSA) is 14.8 Å². The van der Waals surface area contributed by atoms with Gasteiger partial charge in [0.05, 0.1) is 27.6 Å². The van der Waals surface area contributed by atoms with Gasteiger partial charge < -0.3 is 13.7 Å². The number of hydrogen-bond donors (Lipinski definition) is 0. The molecule has 0 fully saturated rings. The summed E-state index contributed by atoms with van der Waals surface area (Å²) in [6.45, 7) is 2.22. The van der Waals surface area contributed by atoms with Crippen molar-refractivity contribution in [2.24, 2.45) is 0 Å². The molecule has 0 aliphatic heterocycles. The summed E-state index contributed by atoms with van der Waals surface area (Å²) in [6.07, 6.45) is 6.97. The summed E-state index contributed by atoms with van der Waals surface area (Å²) < 4.78 is 7.43. The third-order valence-corrected chi connectivity index (χ3v) is 12.4. The molecular formula is C55H39N3. The number of hydrogen-bond acceptors (Lipinski definition) is 0. The summed E-state index contributed by atoms with van der Waals surface area (Å²) in [4.78, 5) is 0. The Morgan fingerprint density at radius 1 is 0.345 bits per heavy atom. The first-order chi connectivity index (χ1) is 28.7. The van der Waals surface area contributed by atoms with Crippen molar-refractivity contribution in [2.45, 2.75) is 19.8 Å². The van der Waals surface area contributed by atoms with E-state index in [2.05, 4.69) is 215 Å². The third kappa shape index (κ3) is 4.93. The second-order valence-corrected chi connectivity index (χ2v) is 15.7. The average Bonchev–Trinajstić information content (AvgIpc) is 3.91. The Balaban J connectivity index is 1.16. The van der Waals surface area contributed by atoms with Crippen molar-refractivity contribution in [1.29, 1.82) is 0 Å². The van der Waals surface area contributed by atoms with Crippen LogP contribution >= 0.6 is 0 Å². The Bertz CT molecular complexity index is 3560. The molecule has 0 spiro atoms. The first-order valence-electron chi connectivity index (χ1n) is 20.3. The summed E-state index contributed by atoms with van der Waals surface area (Å²) >= 11 is 0. The highest BCUT2D eigenvalue weighted by Crippen LogP contribution is 2.42. The van der Waals surface area contributed by atoms with E-state index >= 15 is 0 Å². The van der Waals surface area contributed by atoms with Gasteiger partial charge in [0.2, 0.25) is 0 Å². The van der Waals surface area contributed by atoms with E-state index in [-0.39, 0.29) is 0 Å². The Hall–Kier alpha value is -7.36. The van der Waals surface area contributed by atoms with Crippen molar-refractivity contribution >= 4 is 66.7 Å². The number of rotatable bonds is 5. The molecule has 3 heterocycles. The smallest absolute Gasteiger partial charge is 0.0548 e. The maximum absolute atomic E-state index is 2.49. The molecule has 0 radical (unpaired) electrons. The van der Waals surface area contributed by atoms with Crippen LogP contribution in [-0.2, 0) is 0 Å². The molecule has 11 aromatic rings. The SMILES string of the molecule is Cc1ccccc1-n1c2ccc(-n3c4c(c5ccccc53)=CCCC=4)cc2c2cc3c(cc21)c1ccc(-c2cccc(-c4ccccc4)c2)cc1n3-c1ccccc1. The molecule has 0 saturated carbocycles. The molecule has 0 bridgehead atoms. The second-order valence-electron chi connectivity index (χ2n) is 15.7. The van der Waals surface area contributed by atoms with Crippen LogP contribution in [0.25, 0.3) is 106 Å². The van der Waals surface area contributed by atoms with Crippen LogP contribution in [0.3, 0.4) is 0 Å². The summed E-state index contributed by atoms with van der Waals surface area (Å²) in [5.41, 5.74) is 15.7. The van der Waals surface area contributed by atoms with Crippen LogP contribution in [0.1, 0.15) is 18.4 Å². The van der Waals surface area contributed by atoms with Gasteiger partial charge in [0.25, 0.3) is 0 Å². The summed E-state index contributed by atoms with van der Waals surface area (Å²) in [6, 6.07) is 67.1. The van der Waals surface area contributed by atoms with Gasteiger partial charge in [0, 0.05) is 54.6 Å². The number of aromatic nitrogens is 3. The first kappa shape index (κ1) is 32.8. The predicted octanol–water partition coefficient (Wildman–Crippen LogP) is 12.8. The van der Waals surface area contributed by atoms with Crippen LogP contribution in [0.4, 0.5) is 0 Å². The molecule has 3 nitrogen and oxygen atoms in total. The monoisotopic (exact) mass is 741 g/mol. The van der Waals surface area contributed by atoms with E-state index in [1.165, 1.54) is 104 Å². The van der Waals surface area contributed by atoms with Gasteiger partial charge in [0.1, 0.15) is 0 Å². The van der Waals surface area contributed by atoms with Crippen molar-refractivity contribution in [2.75, 3.05) is 0 Å². The first-order valence-corrected chi connectivity index (χ1v) is 20.3. The maximum Gasteiger partial charge on any atom is 0.0548 e. The van der Waals surface area contributed by atoms with E-state index in [4.69, 9.17) is 0 Å². The molecular weight excluding hydrogens is 703 g/mol. The Morgan fingerprint density at radius 3 is 1.81 bits per heavy atom. The van der Waals surface area contributed by atoms with Crippen LogP contribution < -0.4 is 10.6 Å². The van der Waals surface area contributed by atoms with Gasteiger partial charge in [0.15, 0.2) is 0 Å². The van der Waals surface area contributed by atoms with Crippen LogP contribution in [0.15, 0.2) is 182 Å². The molecule has 0 amide bonds. The molecule has 0 atom stereocenters. The molecule has 0 N–H and O–H groups in total. The molecule has 3 heteroatoms. The summed E-state index contributed by atoms with van der Waals surface area (Å²) in [5, 5.41) is 8.93. The lowest BCUT2D eigenvalue weighted by Crippen LogP contribution is -2.30. The minimum Gasteiger partial charge on any atom is -0.310 e. The lowest BCUT2D eigenvalue weighted by molar-refractivity contribution is 1.03. The van der Waals surface area contributed by atoms with Gasteiger partial charge in [-0.05, 0) is 114 Å². The van der Waals surface area contributed by atoms with E-state index in [0.29, 0.717) is 0 Å². The molecule has 274 valence electrons. The zero-order valence-corrected chi connectivity index (χ0v) is 32.2. The van der Waals surface area contributed by atoms with Gasteiger partial charge in [-0.15, -0.1) is 0 Å². The molecule has 12 rings (SSSR count). The fourth-order valence-electron chi connectivity index (χ4n) is 9.70. The summed E-state index contributed by atoms with van der Waals surface area (Å²) in [5.74, 6) is 0. The van der Waals surface area contributed by atoms with E-state index in [9.17, 15) is 0 Å². The number of fused-ring (bicyclic) bond motifs is 9. The van der Waals surface area contributed by atoms with E-state index in [1.807, 2.05) is 0 Å². The molecule has 1 aliphatic rings. The Kier molecular flexibility index (Phi) is 7.27. The van der Waals surface area contributed by atoms with Crippen molar-refractivity contribution in [1.82, 2.24) is 13.7 Å². The molecule has 1 aliphatic carbocycles. The maximum atomic E-state index is 2.49. The van der Waals surface area contributed by atoms with Gasteiger partial charge >= 0.3 is 0 Å². The number of nitrogens with zero attached hydrogens (tertiary/aromatic N) is 3. The molecule has 58 heavy (non-hydrogen) atoms. The fraction of sp³-hybridized carbons (Fsp3) is 0.0545. The number of benzene rings is 8. The third-order valence-electron chi connectivity index (χ3n) is 12.4. The standard InChI is InChI=1S/C55H39N3/c1-36-15-8-11-24-49(36)58-52-30-28-42(57-50-25-12-9-22-43(50)44-23-10-13-26-51(44)57)33-46(52)48-35-54-47(34-55(48)58)45-29-27-40(32-53(45)56(54)41-20-6-3-7-21-41)39-19-14-18-38(31-39)37-16-4-2-5-17-37/h2-9,11-12,14-35H,10,13H2,1H3. The highest BCUT2D eigenvalue weighted by molar-refractivity contribution is 6.19. The van der Waals surface area contributed by atoms with Crippen LogP contribution in [0.5, 0.6) is 0 Å². The largest absolute Gasteiger partial charge is 0.310 e. The highest BCUT2D eigenvalue weighted by atomic mass is 15.0. The van der Waals surface area contributed by atoms with Gasteiger partial charge in [-0.25, -0.2) is 0 Å². The van der Waals surface area contributed by atoms with Crippen LogP contribution in [0, 0.1) is 6.92 Å². The number of aryl methyl sites for hydroxylation is 1. The number of para-hydroxylation sites is 3. The average molecular weight is 742 g/mol. The van der Waals surface area contributed by atoms with Crippen LogP contribution in [-0.4, -0.2) is 13.7 Å². The lowest BCUT2D eigenvalue weighted by atomic mass is 9.98. The zero-order chi connectivity index (χ0) is 38.3. The highest BCUT2D eigenvalue weighted by Gasteiger charge is 2.21. The van der Waals surface area contributed by atoms with E-state index < -0.39 is 0 Å². The van der Waals surface area contributed by atoms with Crippen molar-refractivity contribution < 1.29 is 0 Å². The summed E-state index contributed by atoms with van der Waals surface area (Å²) in [7, 11) is 0. The Labute approximate surface area is 336 Å². The van der Waals surface area contributed by atoms with E-state index in [1.54, 1.807) is 0 Å². The quantitative estimate of drug-likeness (QED) is 0.167. The Morgan fingerprint density at radius 2 is 0.966 bits per heavy atom. The molecule has 8 aromatic carbocycles. The van der Waals surface area contributed by atoms with E-state index in [0.717, 1.165) is 18.5 Å². The minimum absolute atomic E-state index is 1.06. The molecule has 0 unspecified atom stereocenters. The zero-order valence-electron chi connectivity index (χ0n) is 32.2. The van der Waals surface area contributed by atoms with Crippen molar-refractivity contribution in [3.63, 3.8) is 0 Å². The van der Waals surface area contributed by atoms with Crippen molar-refractivity contribution in [3.05, 3.63) is 198 Å². The fourth-order valence-corrected chi connectivity index (χ4v) is 9.70. The normalized spacial score (nSPS) is 12.7. The van der Waals surface area contributed by atoms with Gasteiger partial charge in [-0.1, -0.05) is 127 Å². The lowest BCUT2D eigenvalue weighted by Gasteiger charge is -2.12. The van der Waals surface area contributed by atoms with Crippen LogP contribution in [0.2, 0.25) is 0 Å².